The quantitative estimate of drug-likeness (QED) is 0.870. The van der Waals surface area contributed by atoms with Gasteiger partial charge in [0.15, 0.2) is 0 Å². The lowest BCUT2D eigenvalue weighted by atomic mass is 9.70. The van der Waals surface area contributed by atoms with Gasteiger partial charge in [-0.2, -0.15) is 5.10 Å². The van der Waals surface area contributed by atoms with E-state index in [0.717, 1.165) is 18.6 Å². The van der Waals surface area contributed by atoms with Gasteiger partial charge in [0.05, 0.1) is 0 Å². The lowest BCUT2D eigenvalue weighted by Gasteiger charge is -2.34. The highest BCUT2D eigenvalue weighted by molar-refractivity contribution is 5.95. The molecule has 5 nitrogen and oxygen atoms in total. The second-order valence-electron chi connectivity index (χ2n) is 7.25. The highest BCUT2D eigenvalue weighted by Gasteiger charge is 2.59. The Labute approximate surface area is 130 Å². The van der Waals surface area contributed by atoms with Crippen LogP contribution in [-0.4, -0.2) is 16.2 Å². The Kier molecular flexibility index (Phi) is 3.46. The number of pyridine rings is 1. The summed E-state index contributed by atoms with van der Waals surface area (Å²) < 4.78 is 1.38. The summed E-state index contributed by atoms with van der Waals surface area (Å²) in [6.45, 7) is 6.86. The van der Waals surface area contributed by atoms with Gasteiger partial charge >= 0.3 is 0 Å². The number of carbonyl (C=O) groups is 1. The molecule has 1 amide bonds. The molecule has 0 spiro atoms. The van der Waals surface area contributed by atoms with E-state index in [4.69, 9.17) is 0 Å². The van der Waals surface area contributed by atoms with Crippen molar-refractivity contribution in [3.63, 3.8) is 0 Å². The first-order valence-corrected chi connectivity index (χ1v) is 7.86. The molecule has 2 unspecified atom stereocenters. The molecule has 2 atom stereocenters. The zero-order valence-corrected chi connectivity index (χ0v) is 13.4. The van der Waals surface area contributed by atoms with Crippen molar-refractivity contribution in [1.29, 1.82) is 0 Å². The van der Waals surface area contributed by atoms with E-state index in [1.165, 1.54) is 17.1 Å². The molecule has 118 valence electrons. The number of nitrogens with one attached hydrogen (secondary N) is 1. The summed E-state index contributed by atoms with van der Waals surface area (Å²) in [5.41, 5.74) is 3.88. The largest absolute Gasteiger partial charge is 0.306 e. The molecule has 2 aliphatic rings. The van der Waals surface area contributed by atoms with Gasteiger partial charge in [-0.15, -0.1) is 0 Å². The van der Waals surface area contributed by atoms with Crippen molar-refractivity contribution in [3.8, 4) is 0 Å². The van der Waals surface area contributed by atoms with Crippen molar-refractivity contribution in [1.82, 2.24) is 9.99 Å². The van der Waals surface area contributed by atoms with Gasteiger partial charge in [0.25, 0.3) is 11.5 Å². The van der Waals surface area contributed by atoms with Crippen molar-refractivity contribution in [2.24, 2.45) is 21.8 Å². The molecule has 0 radical (unpaired) electrons. The van der Waals surface area contributed by atoms with E-state index in [1.807, 2.05) is 0 Å². The minimum absolute atomic E-state index is 0.0000109. The fraction of sp³-hybridized carbons (Fsp3) is 0.588. The van der Waals surface area contributed by atoms with E-state index in [9.17, 15) is 9.59 Å². The highest BCUT2D eigenvalue weighted by Crippen LogP contribution is 2.63. The zero-order chi connectivity index (χ0) is 16.0. The molecule has 0 aliphatic heterocycles. The molecule has 1 aromatic heterocycles. The number of rotatable bonds is 3. The summed E-state index contributed by atoms with van der Waals surface area (Å²) in [6.07, 6.45) is 4.96. The molecular formula is C17H23N3O2. The Bertz CT molecular complexity index is 689. The van der Waals surface area contributed by atoms with Crippen LogP contribution in [0.1, 0.15) is 40.0 Å². The van der Waals surface area contributed by atoms with Crippen molar-refractivity contribution < 1.29 is 4.79 Å². The smallest absolute Gasteiger partial charge is 0.260 e. The molecule has 0 aromatic carbocycles. The SMILES string of the molecule is CC12CCC(C/C1=N\NC(=O)Cn1ccccc1=O)C2(C)C. The normalized spacial score (nSPS) is 30.7. The molecule has 2 fully saturated rings. The average Bonchev–Trinajstić information content (AvgIpc) is 2.80. The minimum Gasteiger partial charge on any atom is -0.306 e. The summed E-state index contributed by atoms with van der Waals surface area (Å²) in [7, 11) is 0. The van der Waals surface area contributed by atoms with Crippen LogP contribution in [-0.2, 0) is 11.3 Å². The van der Waals surface area contributed by atoms with Gasteiger partial charge in [-0.1, -0.05) is 26.8 Å². The van der Waals surface area contributed by atoms with Crippen LogP contribution in [0.2, 0.25) is 0 Å². The van der Waals surface area contributed by atoms with Gasteiger partial charge in [-0.25, -0.2) is 5.43 Å². The van der Waals surface area contributed by atoms with Crippen molar-refractivity contribution >= 4 is 11.6 Å². The molecule has 3 rings (SSSR count). The summed E-state index contributed by atoms with van der Waals surface area (Å²) >= 11 is 0. The van der Waals surface area contributed by atoms with Gasteiger partial charge in [0, 0.05) is 23.4 Å². The Balaban J connectivity index is 1.69. The van der Waals surface area contributed by atoms with Gasteiger partial charge in [-0.05, 0) is 36.7 Å². The first kappa shape index (κ1) is 15.0. The molecule has 1 aromatic rings. The first-order chi connectivity index (χ1) is 10.3. The molecule has 5 heteroatoms. The molecule has 1 N–H and O–H groups in total. The van der Waals surface area contributed by atoms with Crippen LogP contribution in [0.25, 0.3) is 0 Å². The van der Waals surface area contributed by atoms with Crippen molar-refractivity contribution in [2.75, 3.05) is 0 Å². The highest BCUT2D eigenvalue weighted by atomic mass is 16.2. The van der Waals surface area contributed by atoms with E-state index < -0.39 is 0 Å². The third kappa shape index (κ3) is 2.19. The monoisotopic (exact) mass is 301 g/mol. The standard InChI is InChI=1S/C17H23N3O2/c1-16(2)12-7-8-17(16,3)13(10-12)18-19-14(21)11-20-9-5-4-6-15(20)22/h4-6,9,12H,7-8,10-11H2,1-3H3,(H,19,21)/b18-13+. The van der Waals surface area contributed by atoms with Crippen molar-refractivity contribution in [3.05, 3.63) is 34.7 Å². The van der Waals surface area contributed by atoms with Crippen LogP contribution in [0, 0.1) is 16.7 Å². The molecule has 2 bridgehead atoms. The van der Waals surface area contributed by atoms with Crippen LogP contribution < -0.4 is 11.0 Å². The zero-order valence-electron chi connectivity index (χ0n) is 13.4. The van der Waals surface area contributed by atoms with Crippen LogP contribution in [0.3, 0.4) is 0 Å². The Morgan fingerprint density at radius 1 is 1.41 bits per heavy atom. The molecule has 2 aliphatic carbocycles. The number of nitrogens with zero attached hydrogens (tertiary/aromatic N) is 2. The lowest BCUT2D eigenvalue weighted by Crippen LogP contribution is -2.35. The first-order valence-electron chi connectivity index (χ1n) is 7.86. The number of hydrogen-bond donors (Lipinski definition) is 1. The molecule has 0 saturated heterocycles. The second-order valence-corrected chi connectivity index (χ2v) is 7.25. The maximum Gasteiger partial charge on any atom is 0.260 e. The summed E-state index contributed by atoms with van der Waals surface area (Å²) in [4.78, 5) is 23.6. The van der Waals surface area contributed by atoms with Crippen LogP contribution >= 0.6 is 0 Å². The van der Waals surface area contributed by atoms with E-state index in [1.54, 1.807) is 18.3 Å². The maximum atomic E-state index is 12.0. The number of aromatic nitrogens is 1. The summed E-state index contributed by atoms with van der Waals surface area (Å²) in [6, 6.07) is 4.84. The predicted molar refractivity (Wildman–Crippen MR) is 85.5 cm³/mol. The van der Waals surface area contributed by atoms with E-state index in [-0.39, 0.29) is 28.8 Å². The van der Waals surface area contributed by atoms with Gasteiger partial charge in [0.1, 0.15) is 6.54 Å². The minimum atomic E-state index is -0.259. The number of amides is 1. The van der Waals surface area contributed by atoms with Gasteiger partial charge < -0.3 is 4.57 Å². The fourth-order valence-corrected chi connectivity index (χ4v) is 4.01. The summed E-state index contributed by atoms with van der Waals surface area (Å²) in [5.74, 6) is 0.398. The molecule has 2 saturated carbocycles. The van der Waals surface area contributed by atoms with Crippen molar-refractivity contribution in [2.45, 2.75) is 46.6 Å². The molecule has 1 heterocycles. The predicted octanol–water partition coefficient (Wildman–Crippen LogP) is 2.17. The van der Waals surface area contributed by atoms with E-state index in [2.05, 4.69) is 31.3 Å². The average molecular weight is 301 g/mol. The third-order valence-corrected chi connectivity index (χ3v) is 6.04. The molecular weight excluding hydrogens is 278 g/mol. The Morgan fingerprint density at radius 3 is 2.77 bits per heavy atom. The van der Waals surface area contributed by atoms with Gasteiger partial charge in [-0.3, -0.25) is 9.59 Å². The Morgan fingerprint density at radius 2 is 2.18 bits per heavy atom. The maximum absolute atomic E-state index is 12.0. The van der Waals surface area contributed by atoms with E-state index in [0.29, 0.717) is 5.92 Å². The molecule has 22 heavy (non-hydrogen) atoms. The topological polar surface area (TPSA) is 63.5 Å². The van der Waals surface area contributed by atoms with Crippen LogP contribution in [0.15, 0.2) is 34.3 Å². The second kappa shape index (κ2) is 5.07. The number of fused-ring (bicyclic) bond motifs is 2. The summed E-state index contributed by atoms with van der Waals surface area (Å²) in [5, 5.41) is 4.40. The number of carbonyl (C=O) groups excluding carboxylic acids is 1. The third-order valence-electron chi connectivity index (χ3n) is 6.04. The lowest BCUT2D eigenvalue weighted by molar-refractivity contribution is -0.121. The van der Waals surface area contributed by atoms with Gasteiger partial charge in [0.2, 0.25) is 0 Å². The van der Waals surface area contributed by atoms with E-state index >= 15 is 0 Å². The number of hydrogen-bond acceptors (Lipinski definition) is 3. The van der Waals surface area contributed by atoms with Crippen LogP contribution in [0.5, 0.6) is 0 Å². The fourth-order valence-electron chi connectivity index (χ4n) is 4.01. The van der Waals surface area contributed by atoms with Crippen LogP contribution in [0.4, 0.5) is 0 Å². The Hall–Kier alpha value is -1.91. The number of hydrazone groups is 1.